The second kappa shape index (κ2) is 6.21. The molecule has 1 aliphatic heterocycles. The summed E-state index contributed by atoms with van der Waals surface area (Å²) in [7, 11) is 2.07. The fourth-order valence-corrected chi connectivity index (χ4v) is 3.23. The van der Waals surface area contributed by atoms with Crippen LogP contribution in [0.5, 0.6) is 0 Å². The molecule has 2 N–H and O–H groups in total. The van der Waals surface area contributed by atoms with Gasteiger partial charge in [0.1, 0.15) is 6.10 Å². The van der Waals surface area contributed by atoms with Crippen molar-refractivity contribution in [2.45, 2.75) is 24.5 Å². The molecule has 0 saturated carbocycles. The van der Waals surface area contributed by atoms with E-state index < -0.39 is 11.7 Å². The minimum absolute atomic E-state index is 0.696. The number of hydrogen-bond donors (Lipinski definition) is 2. The summed E-state index contributed by atoms with van der Waals surface area (Å²) >= 11 is 0. The Bertz CT molecular complexity index is 618. The molecule has 3 nitrogen and oxygen atoms in total. The molecule has 3 rings (SSSR count). The molecular weight excluding hydrogens is 274 g/mol. The van der Waals surface area contributed by atoms with Gasteiger partial charge in [0.05, 0.1) is 5.60 Å². The van der Waals surface area contributed by atoms with E-state index in [1.54, 1.807) is 0 Å². The molecule has 0 bridgehead atoms. The smallest absolute Gasteiger partial charge is 0.104 e. The zero-order valence-corrected chi connectivity index (χ0v) is 12.9. The van der Waals surface area contributed by atoms with Crippen molar-refractivity contribution in [1.82, 2.24) is 4.90 Å². The van der Waals surface area contributed by atoms with E-state index in [1.165, 1.54) is 0 Å². The van der Waals surface area contributed by atoms with Crippen LogP contribution in [0.3, 0.4) is 0 Å². The highest BCUT2D eigenvalue weighted by atomic mass is 16.3. The summed E-state index contributed by atoms with van der Waals surface area (Å²) < 4.78 is 0. The molecule has 1 unspecified atom stereocenters. The Balaban J connectivity index is 1.97. The van der Waals surface area contributed by atoms with Crippen LogP contribution in [0.2, 0.25) is 0 Å². The van der Waals surface area contributed by atoms with Crippen molar-refractivity contribution in [2.24, 2.45) is 0 Å². The number of rotatable bonds is 3. The van der Waals surface area contributed by atoms with Crippen LogP contribution < -0.4 is 0 Å². The molecule has 2 aromatic carbocycles. The summed E-state index contributed by atoms with van der Waals surface area (Å²) in [5.41, 5.74) is 1.67. The number of piperidine rings is 1. The van der Waals surface area contributed by atoms with Gasteiger partial charge in [0, 0.05) is 13.1 Å². The summed E-state index contributed by atoms with van der Waals surface area (Å²) in [6.45, 7) is 1.73. The van der Waals surface area contributed by atoms with Crippen LogP contribution in [0.1, 0.15) is 35.6 Å². The van der Waals surface area contributed by atoms with Crippen LogP contribution in [0.15, 0.2) is 54.6 Å². The number of likely N-dealkylation sites (tertiary alicyclic amines) is 1. The third-order valence-electron chi connectivity index (χ3n) is 4.69. The lowest BCUT2D eigenvalue weighted by atomic mass is 9.80. The monoisotopic (exact) mass is 297 g/mol. The fraction of sp³-hybridized carbons (Fsp3) is 0.368. The van der Waals surface area contributed by atoms with E-state index in [0.29, 0.717) is 12.8 Å². The summed E-state index contributed by atoms with van der Waals surface area (Å²) in [6, 6.07) is 17.3. The Morgan fingerprint density at radius 2 is 1.55 bits per heavy atom. The molecule has 3 heteroatoms. The molecule has 0 aliphatic carbocycles. The molecule has 1 heterocycles. The number of benzene rings is 2. The van der Waals surface area contributed by atoms with Crippen molar-refractivity contribution >= 4 is 0 Å². The van der Waals surface area contributed by atoms with Gasteiger partial charge in [-0.25, -0.2) is 0 Å². The molecule has 116 valence electrons. The van der Waals surface area contributed by atoms with E-state index in [1.807, 2.05) is 54.6 Å². The maximum Gasteiger partial charge on any atom is 0.104 e. The Hall–Kier alpha value is -1.68. The summed E-state index contributed by atoms with van der Waals surface area (Å²) in [4.78, 5) is 2.23. The lowest BCUT2D eigenvalue weighted by Gasteiger charge is -2.38. The summed E-state index contributed by atoms with van der Waals surface area (Å²) in [6.07, 6.45) is 0.686. The lowest BCUT2D eigenvalue weighted by Crippen LogP contribution is -2.41. The Morgan fingerprint density at radius 1 is 0.955 bits per heavy atom. The Labute approximate surface area is 131 Å². The fourth-order valence-electron chi connectivity index (χ4n) is 3.23. The topological polar surface area (TPSA) is 43.7 Å². The molecule has 1 aliphatic rings. The predicted octanol–water partition coefficient (Wildman–Crippen LogP) is 2.68. The van der Waals surface area contributed by atoms with Gasteiger partial charge in [-0.3, -0.25) is 0 Å². The molecule has 1 fully saturated rings. The maximum atomic E-state index is 11.1. The zero-order chi connectivity index (χ0) is 15.6. The number of aliphatic hydroxyl groups excluding tert-OH is 1. The van der Waals surface area contributed by atoms with Gasteiger partial charge in [-0.2, -0.15) is 0 Å². The number of hydrogen-bond acceptors (Lipinski definition) is 3. The van der Waals surface area contributed by atoms with Gasteiger partial charge in [0.15, 0.2) is 0 Å². The van der Waals surface area contributed by atoms with Gasteiger partial charge in [-0.15, -0.1) is 0 Å². The third kappa shape index (κ3) is 2.93. The van der Waals surface area contributed by atoms with Crippen molar-refractivity contribution in [1.29, 1.82) is 0 Å². The van der Waals surface area contributed by atoms with Crippen molar-refractivity contribution < 1.29 is 10.2 Å². The lowest BCUT2D eigenvalue weighted by molar-refractivity contribution is -0.0222. The predicted molar refractivity (Wildman–Crippen MR) is 87.6 cm³/mol. The largest absolute Gasteiger partial charge is 0.385 e. The molecule has 1 saturated heterocycles. The van der Waals surface area contributed by atoms with Crippen molar-refractivity contribution in [3.63, 3.8) is 0 Å². The van der Waals surface area contributed by atoms with Crippen molar-refractivity contribution in [3.8, 4) is 0 Å². The third-order valence-corrected chi connectivity index (χ3v) is 4.69. The maximum absolute atomic E-state index is 11.1. The average molecular weight is 297 g/mol. The van der Waals surface area contributed by atoms with Crippen LogP contribution in [0, 0.1) is 0 Å². The van der Waals surface area contributed by atoms with Gasteiger partial charge in [-0.05, 0) is 36.6 Å². The van der Waals surface area contributed by atoms with Crippen LogP contribution >= 0.6 is 0 Å². The van der Waals surface area contributed by atoms with E-state index in [2.05, 4.69) is 11.9 Å². The first-order valence-electron chi connectivity index (χ1n) is 7.83. The van der Waals surface area contributed by atoms with Gasteiger partial charge >= 0.3 is 0 Å². The highest BCUT2D eigenvalue weighted by molar-refractivity contribution is 5.39. The second-order valence-corrected chi connectivity index (χ2v) is 6.24. The van der Waals surface area contributed by atoms with E-state index in [4.69, 9.17) is 0 Å². The molecule has 1 atom stereocenters. The highest BCUT2D eigenvalue weighted by Gasteiger charge is 2.35. The van der Waals surface area contributed by atoms with E-state index in [9.17, 15) is 10.2 Å². The standard InChI is InChI=1S/C19H23NO2/c1-20-13-11-19(22,12-14-20)17-10-6-5-9-16(17)18(21)15-7-3-2-4-8-15/h2-10,18,21-22H,11-14H2,1H3. The van der Waals surface area contributed by atoms with E-state index in [-0.39, 0.29) is 0 Å². The van der Waals surface area contributed by atoms with E-state index in [0.717, 1.165) is 29.8 Å². The highest BCUT2D eigenvalue weighted by Crippen LogP contribution is 2.37. The molecule has 0 spiro atoms. The van der Waals surface area contributed by atoms with Crippen LogP contribution in [0.4, 0.5) is 0 Å². The van der Waals surface area contributed by atoms with Gasteiger partial charge in [0.25, 0.3) is 0 Å². The first kappa shape index (κ1) is 15.2. The molecule has 2 aromatic rings. The molecule has 0 radical (unpaired) electrons. The Kier molecular flexibility index (Phi) is 4.30. The number of nitrogens with zero attached hydrogens (tertiary/aromatic N) is 1. The van der Waals surface area contributed by atoms with Gasteiger partial charge in [-0.1, -0.05) is 54.6 Å². The minimum atomic E-state index is -0.848. The SMILES string of the molecule is CN1CCC(O)(c2ccccc2C(O)c2ccccc2)CC1. The van der Waals surface area contributed by atoms with Crippen LogP contribution in [-0.4, -0.2) is 35.3 Å². The van der Waals surface area contributed by atoms with E-state index >= 15 is 0 Å². The van der Waals surface area contributed by atoms with Gasteiger partial charge in [0.2, 0.25) is 0 Å². The van der Waals surface area contributed by atoms with Crippen molar-refractivity contribution in [2.75, 3.05) is 20.1 Å². The first-order valence-corrected chi connectivity index (χ1v) is 7.83. The first-order chi connectivity index (χ1) is 10.6. The molecule has 22 heavy (non-hydrogen) atoms. The van der Waals surface area contributed by atoms with Crippen LogP contribution in [0.25, 0.3) is 0 Å². The normalized spacial score (nSPS) is 19.8. The second-order valence-electron chi connectivity index (χ2n) is 6.24. The van der Waals surface area contributed by atoms with Gasteiger partial charge < -0.3 is 15.1 Å². The quantitative estimate of drug-likeness (QED) is 0.915. The Morgan fingerprint density at radius 3 is 2.23 bits per heavy atom. The zero-order valence-electron chi connectivity index (χ0n) is 12.9. The number of aliphatic hydroxyl groups is 2. The molecule has 0 amide bonds. The minimum Gasteiger partial charge on any atom is -0.385 e. The summed E-state index contributed by atoms with van der Waals surface area (Å²) in [5.74, 6) is 0. The van der Waals surface area contributed by atoms with Crippen molar-refractivity contribution in [3.05, 3.63) is 71.3 Å². The molecular formula is C19H23NO2. The van der Waals surface area contributed by atoms with Crippen LogP contribution in [-0.2, 0) is 5.60 Å². The summed E-state index contributed by atoms with van der Waals surface area (Å²) in [5, 5.41) is 21.8. The molecule has 0 aromatic heterocycles. The average Bonchev–Trinajstić information content (AvgIpc) is 2.58.